The zero-order chi connectivity index (χ0) is 21.8. The van der Waals surface area contributed by atoms with Gasteiger partial charge in [-0.3, -0.25) is 4.79 Å². The number of hydrogen-bond acceptors (Lipinski definition) is 4. The summed E-state index contributed by atoms with van der Waals surface area (Å²) >= 11 is 0. The monoisotopic (exact) mass is 420 g/mol. The van der Waals surface area contributed by atoms with E-state index in [-0.39, 0.29) is 23.8 Å². The van der Waals surface area contributed by atoms with Crippen molar-refractivity contribution in [1.29, 1.82) is 0 Å². The maximum atomic E-state index is 13.3. The molecule has 1 saturated heterocycles. The van der Waals surface area contributed by atoms with Crippen LogP contribution >= 0.6 is 0 Å². The number of anilines is 1. The van der Waals surface area contributed by atoms with Gasteiger partial charge in [-0.2, -0.15) is 0 Å². The number of nitrogens with zero attached hydrogens (tertiary/aromatic N) is 2. The Morgan fingerprint density at radius 2 is 1.84 bits per heavy atom. The number of para-hydroxylation sites is 3. The SMILES string of the molecule is CC(C)C(NC(=O)Nc1ccccc1)C(=O)N1CCCC(c2nc3ccccc3o2)C1. The van der Waals surface area contributed by atoms with Crippen LogP contribution < -0.4 is 10.6 Å². The number of oxazole rings is 1. The zero-order valence-corrected chi connectivity index (χ0v) is 17.9. The lowest BCUT2D eigenvalue weighted by atomic mass is 9.95. The second-order valence-electron chi connectivity index (χ2n) is 8.33. The fourth-order valence-corrected chi connectivity index (χ4v) is 3.98. The number of piperidine rings is 1. The first-order valence-electron chi connectivity index (χ1n) is 10.8. The molecule has 2 atom stereocenters. The topological polar surface area (TPSA) is 87.5 Å². The van der Waals surface area contributed by atoms with Crippen LogP contribution in [-0.4, -0.2) is 41.0 Å². The van der Waals surface area contributed by atoms with Gasteiger partial charge in [-0.15, -0.1) is 0 Å². The molecule has 0 bridgehead atoms. The minimum Gasteiger partial charge on any atom is -0.440 e. The highest BCUT2D eigenvalue weighted by atomic mass is 16.3. The molecule has 7 heteroatoms. The number of aromatic nitrogens is 1. The smallest absolute Gasteiger partial charge is 0.319 e. The molecule has 0 spiro atoms. The average molecular weight is 421 g/mol. The van der Waals surface area contributed by atoms with E-state index >= 15 is 0 Å². The molecule has 162 valence electrons. The van der Waals surface area contributed by atoms with Crippen LogP contribution in [0.3, 0.4) is 0 Å². The van der Waals surface area contributed by atoms with E-state index in [1.807, 2.05) is 61.2 Å². The Balaban J connectivity index is 1.43. The van der Waals surface area contributed by atoms with Crippen LogP contribution in [0, 0.1) is 5.92 Å². The van der Waals surface area contributed by atoms with Crippen molar-refractivity contribution in [2.45, 2.75) is 38.6 Å². The molecule has 2 heterocycles. The second kappa shape index (κ2) is 9.20. The number of fused-ring (bicyclic) bond motifs is 1. The van der Waals surface area contributed by atoms with E-state index in [1.165, 1.54) is 0 Å². The van der Waals surface area contributed by atoms with Crippen LogP contribution in [0.15, 0.2) is 59.0 Å². The number of amides is 3. The standard InChI is InChI=1S/C24H28N4O3/c1-16(2)21(27-24(30)25-18-10-4-3-5-11-18)23(29)28-14-8-9-17(15-28)22-26-19-12-6-7-13-20(19)31-22/h3-7,10-13,16-17,21H,8-9,14-15H2,1-2H3,(H2,25,27,30). The van der Waals surface area contributed by atoms with Crippen LogP contribution in [0.5, 0.6) is 0 Å². The van der Waals surface area contributed by atoms with E-state index in [0.29, 0.717) is 24.7 Å². The number of benzene rings is 2. The Morgan fingerprint density at radius 3 is 2.58 bits per heavy atom. The lowest BCUT2D eigenvalue weighted by Crippen LogP contribution is -2.54. The predicted octanol–water partition coefficient (Wildman–Crippen LogP) is 4.38. The number of hydrogen-bond donors (Lipinski definition) is 2. The fourth-order valence-electron chi connectivity index (χ4n) is 3.98. The quantitative estimate of drug-likeness (QED) is 0.641. The first-order valence-corrected chi connectivity index (χ1v) is 10.8. The lowest BCUT2D eigenvalue weighted by Gasteiger charge is -2.35. The van der Waals surface area contributed by atoms with E-state index in [9.17, 15) is 9.59 Å². The van der Waals surface area contributed by atoms with E-state index in [4.69, 9.17) is 4.42 Å². The van der Waals surface area contributed by atoms with Gasteiger partial charge in [-0.05, 0) is 43.0 Å². The van der Waals surface area contributed by atoms with E-state index in [0.717, 1.165) is 23.9 Å². The van der Waals surface area contributed by atoms with Gasteiger partial charge in [0.25, 0.3) is 0 Å². The first-order chi connectivity index (χ1) is 15.0. The molecule has 1 aromatic heterocycles. The molecule has 3 aromatic rings. The van der Waals surface area contributed by atoms with Crippen molar-refractivity contribution in [2.24, 2.45) is 5.92 Å². The molecular weight excluding hydrogens is 392 g/mol. The molecule has 0 radical (unpaired) electrons. The fraction of sp³-hybridized carbons (Fsp3) is 0.375. The first kappa shape index (κ1) is 20.9. The summed E-state index contributed by atoms with van der Waals surface area (Å²) in [6.07, 6.45) is 1.79. The maximum absolute atomic E-state index is 13.3. The molecular formula is C24H28N4O3. The van der Waals surface area contributed by atoms with Crippen LogP contribution in [0.4, 0.5) is 10.5 Å². The summed E-state index contributed by atoms with van der Waals surface area (Å²) in [6, 6.07) is 15.9. The molecule has 1 aliphatic heterocycles. The Bertz CT molecular complexity index is 1010. The summed E-state index contributed by atoms with van der Waals surface area (Å²) in [7, 11) is 0. The molecule has 0 aliphatic carbocycles. The number of nitrogens with one attached hydrogen (secondary N) is 2. The Labute approximate surface area is 181 Å². The van der Waals surface area contributed by atoms with Crippen molar-refractivity contribution in [3.05, 3.63) is 60.5 Å². The third kappa shape index (κ3) is 4.87. The van der Waals surface area contributed by atoms with E-state index in [1.54, 1.807) is 12.1 Å². The van der Waals surface area contributed by atoms with Crippen molar-refractivity contribution in [3.8, 4) is 0 Å². The summed E-state index contributed by atoms with van der Waals surface area (Å²) in [6.45, 7) is 5.08. The second-order valence-corrected chi connectivity index (χ2v) is 8.33. The van der Waals surface area contributed by atoms with Crippen LogP contribution in [0.2, 0.25) is 0 Å². The van der Waals surface area contributed by atoms with Crippen molar-refractivity contribution in [2.75, 3.05) is 18.4 Å². The highest BCUT2D eigenvalue weighted by Gasteiger charge is 2.33. The number of carbonyl (C=O) groups is 2. The minimum atomic E-state index is -0.605. The molecule has 31 heavy (non-hydrogen) atoms. The van der Waals surface area contributed by atoms with Crippen molar-refractivity contribution in [1.82, 2.24) is 15.2 Å². The third-order valence-electron chi connectivity index (χ3n) is 5.64. The molecule has 1 fully saturated rings. The molecule has 4 rings (SSSR count). The number of urea groups is 1. The number of rotatable bonds is 5. The highest BCUT2D eigenvalue weighted by Crippen LogP contribution is 2.29. The van der Waals surface area contributed by atoms with E-state index < -0.39 is 6.04 Å². The van der Waals surface area contributed by atoms with Crippen LogP contribution in [0.25, 0.3) is 11.1 Å². The van der Waals surface area contributed by atoms with Gasteiger partial charge in [0.05, 0.1) is 5.92 Å². The van der Waals surface area contributed by atoms with Crippen LogP contribution in [-0.2, 0) is 4.79 Å². The van der Waals surface area contributed by atoms with Gasteiger partial charge in [-0.25, -0.2) is 9.78 Å². The van der Waals surface area contributed by atoms with Gasteiger partial charge < -0.3 is 20.0 Å². The van der Waals surface area contributed by atoms with Crippen molar-refractivity contribution in [3.63, 3.8) is 0 Å². The summed E-state index contributed by atoms with van der Waals surface area (Å²) in [5.41, 5.74) is 2.28. The van der Waals surface area contributed by atoms with E-state index in [2.05, 4.69) is 15.6 Å². The van der Waals surface area contributed by atoms with Crippen molar-refractivity contribution < 1.29 is 14.0 Å². The lowest BCUT2D eigenvalue weighted by molar-refractivity contribution is -0.135. The zero-order valence-electron chi connectivity index (χ0n) is 17.9. The average Bonchev–Trinajstić information content (AvgIpc) is 3.22. The van der Waals surface area contributed by atoms with Gasteiger partial charge >= 0.3 is 6.03 Å². The van der Waals surface area contributed by atoms with Gasteiger partial charge in [0.15, 0.2) is 11.5 Å². The Kier molecular flexibility index (Phi) is 6.21. The summed E-state index contributed by atoms with van der Waals surface area (Å²) < 4.78 is 5.95. The largest absolute Gasteiger partial charge is 0.440 e. The molecule has 0 saturated carbocycles. The molecule has 1 aliphatic rings. The highest BCUT2D eigenvalue weighted by molar-refractivity contribution is 5.93. The van der Waals surface area contributed by atoms with Gasteiger partial charge in [-0.1, -0.05) is 44.2 Å². The predicted molar refractivity (Wildman–Crippen MR) is 120 cm³/mol. The maximum Gasteiger partial charge on any atom is 0.319 e. The molecule has 7 nitrogen and oxygen atoms in total. The molecule has 2 N–H and O–H groups in total. The Hall–Kier alpha value is -3.35. The van der Waals surface area contributed by atoms with Gasteiger partial charge in [0.2, 0.25) is 5.91 Å². The summed E-state index contributed by atoms with van der Waals surface area (Å²) in [5.74, 6) is 0.614. The number of carbonyl (C=O) groups excluding carboxylic acids is 2. The van der Waals surface area contributed by atoms with Gasteiger partial charge in [0.1, 0.15) is 11.6 Å². The van der Waals surface area contributed by atoms with Gasteiger partial charge in [0, 0.05) is 18.8 Å². The summed E-state index contributed by atoms with van der Waals surface area (Å²) in [5, 5.41) is 5.65. The minimum absolute atomic E-state index is 0.0428. The summed E-state index contributed by atoms with van der Waals surface area (Å²) in [4.78, 5) is 32.2. The third-order valence-corrected chi connectivity index (χ3v) is 5.64. The number of likely N-dealkylation sites (tertiary alicyclic amines) is 1. The molecule has 3 amide bonds. The molecule has 2 aromatic carbocycles. The Morgan fingerprint density at radius 1 is 1.10 bits per heavy atom. The molecule has 2 unspecified atom stereocenters. The van der Waals surface area contributed by atoms with Crippen molar-refractivity contribution >= 4 is 28.7 Å². The normalized spacial score (nSPS) is 17.5. The van der Waals surface area contributed by atoms with Crippen LogP contribution in [0.1, 0.15) is 38.5 Å².